The summed E-state index contributed by atoms with van der Waals surface area (Å²) in [5.41, 5.74) is 1.44. The second-order valence-electron chi connectivity index (χ2n) is 8.78. The van der Waals surface area contributed by atoms with Crippen LogP contribution in [0.4, 0.5) is 10.1 Å². The van der Waals surface area contributed by atoms with Crippen molar-refractivity contribution in [3.63, 3.8) is 0 Å². The van der Waals surface area contributed by atoms with Crippen molar-refractivity contribution in [3.05, 3.63) is 83.9 Å². The normalized spacial score (nSPS) is 12.1. The van der Waals surface area contributed by atoms with E-state index in [2.05, 4.69) is 29.9 Å². The standard InChI is InChI=1S/C25H28FN3O3Si/c1-29(25(31)18-8-15-22(26)27-16-18)23(17-6-11-20(32-2)12-7-17)24(30)28-19-9-13-21(14-10-19)33(3,4)5/h6-16,23H,1-5H3,(H,28,30). The first kappa shape index (κ1) is 24.1. The SMILES string of the molecule is COc1ccc(C(C(=O)Nc2ccc([Si](C)(C)C)cc2)N(C)C(=O)c2ccc(F)nc2)cc1. The second kappa shape index (κ2) is 9.95. The number of benzene rings is 2. The van der Waals surface area contributed by atoms with Crippen LogP contribution in [0.15, 0.2) is 66.9 Å². The van der Waals surface area contributed by atoms with Crippen molar-refractivity contribution in [1.82, 2.24) is 9.88 Å². The number of hydrogen-bond donors (Lipinski definition) is 1. The molecule has 2 amide bonds. The number of rotatable bonds is 7. The summed E-state index contributed by atoms with van der Waals surface area (Å²) in [6.45, 7) is 6.77. The molecule has 33 heavy (non-hydrogen) atoms. The van der Waals surface area contributed by atoms with E-state index in [0.29, 0.717) is 17.0 Å². The van der Waals surface area contributed by atoms with E-state index >= 15 is 0 Å². The van der Waals surface area contributed by atoms with Gasteiger partial charge in [0.05, 0.1) is 20.7 Å². The molecule has 0 fully saturated rings. The third-order valence-electron chi connectivity index (χ3n) is 5.38. The van der Waals surface area contributed by atoms with Gasteiger partial charge in [-0.05, 0) is 42.0 Å². The zero-order valence-corrected chi connectivity index (χ0v) is 20.4. The highest BCUT2D eigenvalue weighted by atomic mass is 28.3. The Bertz CT molecular complexity index is 1110. The highest BCUT2D eigenvalue weighted by Crippen LogP contribution is 2.25. The number of carbonyl (C=O) groups is 2. The summed E-state index contributed by atoms with van der Waals surface area (Å²) < 4.78 is 18.4. The molecule has 1 atom stereocenters. The molecule has 172 valence electrons. The maximum absolute atomic E-state index is 13.4. The molecule has 0 aliphatic carbocycles. The van der Waals surface area contributed by atoms with Gasteiger partial charge in [-0.3, -0.25) is 9.59 Å². The Balaban J connectivity index is 1.91. The summed E-state index contributed by atoms with van der Waals surface area (Å²) in [5, 5.41) is 4.20. The van der Waals surface area contributed by atoms with Crippen molar-refractivity contribution in [2.24, 2.45) is 0 Å². The number of halogens is 1. The van der Waals surface area contributed by atoms with Crippen LogP contribution in [0.1, 0.15) is 22.0 Å². The number of nitrogens with zero attached hydrogens (tertiary/aromatic N) is 2. The van der Waals surface area contributed by atoms with Gasteiger partial charge in [-0.15, -0.1) is 0 Å². The van der Waals surface area contributed by atoms with Gasteiger partial charge in [0.15, 0.2) is 0 Å². The van der Waals surface area contributed by atoms with E-state index in [0.717, 1.165) is 12.3 Å². The van der Waals surface area contributed by atoms with Crippen molar-refractivity contribution >= 4 is 30.8 Å². The van der Waals surface area contributed by atoms with Crippen LogP contribution in [0.3, 0.4) is 0 Å². The van der Waals surface area contributed by atoms with E-state index in [1.807, 2.05) is 24.3 Å². The van der Waals surface area contributed by atoms with Crippen LogP contribution in [-0.4, -0.2) is 43.9 Å². The monoisotopic (exact) mass is 465 g/mol. The van der Waals surface area contributed by atoms with Gasteiger partial charge in [0, 0.05) is 18.9 Å². The number of nitrogens with one attached hydrogen (secondary N) is 1. The molecule has 0 radical (unpaired) electrons. The molecular formula is C25H28FN3O3Si. The maximum atomic E-state index is 13.4. The number of amides is 2. The lowest BCUT2D eigenvalue weighted by Gasteiger charge is -2.28. The third kappa shape index (κ3) is 5.84. The molecule has 8 heteroatoms. The lowest BCUT2D eigenvalue weighted by atomic mass is 10.0. The van der Waals surface area contributed by atoms with Crippen molar-refractivity contribution in [2.45, 2.75) is 25.7 Å². The Morgan fingerprint density at radius 2 is 1.64 bits per heavy atom. The molecular weight excluding hydrogens is 437 g/mol. The fourth-order valence-corrected chi connectivity index (χ4v) is 4.59. The number of anilines is 1. The summed E-state index contributed by atoms with van der Waals surface area (Å²) >= 11 is 0. The van der Waals surface area contributed by atoms with Gasteiger partial charge in [-0.25, -0.2) is 4.98 Å². The average Bonchev–Trinajstić information content (AvgIpc) is 2.79. The third-order valence-corrected chi connectivity index (χ3v) is 7.45. The molecule has 3 aromatic rings. The fraction of sp³-hybridized carbons (Fsp3) is 0.240. The Morgan fingerprint density at radius 1 is 1.00 bits per heavy atom. The van der Waals surface area contributed by atoms with Gasteiger partial charge >= 0.3 is 0 Å². The van der Waals surface area contributed by atoms with Gasteiger partial charge in [-0.2, -0.15) is 4.39 Å². The Kier molecular flexibility index (Phi) is 7.28. The highest BCUT2D eigenvalue weighted by Gasteiger charge is 2.30. The van der Waals surface area contributed by atoms with Crippen LogP contribution >= 0.6 is 0 Å². The van der Waals surface area contributed by atoms with E-state index in [4.69, 9.17) is 4.74 Å². The number of aromatic nitrogens is 1. The lowest BCUT2D eigenvalue weighted by molar-refractivity contribution is -0.120. The predicted molar refractivity (Wildman–Crippen MR) is 130 cm³/mol. The zero-order valence-electron chi connectivity index (χ0n) is 19.4. The topological polar surface area (TPSA) is 71.5 Å². The van der Waals surface area contributed by atoms with Crippen LogP contribution in [0.5, 0.6) is 5.75 Å². The van der Waals surface area contributed by atoms with Crippen LogP contribution in [0, 0.1) is 5.95 Å². The number of carbonyl (C=O) groups excluding carboxylic acids is 2. The van der Waals surface area contributed by atoms with Gasteiger partial charge in [-0.1, -0.05) is 49.1 Å². The molecule has 1 heterocycles. The minimum atomic E-state index is -1.46. The number of pyridine rings is 1. The van der Waals surface area contributed by atoms with Crippen molar-refractivity contribution < 1.29 is 18.7 Å². The van der Waals surface area contributed by atoms with Crippen molar-refractivity contribution in [3.8, 4) is 5.75 Å². The summed E-state index contributed by atoms with van der Waals surface area (Å²) in [6, 6.07) is 16.3. The Hall–Kier alpha value is -3.52. The summed E-state index contributed by atoms with van der Waals surface area (Å²) in [4.78, 5) is 31.3. The molecule has 1 N–H and O–H groups in total. The highest BCUT2D eigenvalue weighted by molar-refractivity contribution is 6.88. The first-order chi connectivity index (χ1) is 15.6. The van der Waals surface area contributed by atoms with E-state index in [1.54, 1.807) is 31.4 Å². The van der Waals surface area contributed by atoms with E-state index < -0.39 is 26.0 Å². The van der Waals surface area contributed by atoms with Gasteiger partial charge in [0.25, 0.3) is 11.8 Å². The number of ether oxygens (including phenoxy) is 1. The van der Waals surface area contributed by atoms with E-state index in [1.165, 1.54) is 23.2 Å². The van der Waals surface area contributed by atoms with Crippen molar-refractivity contribution in [1.29, 1.82) is 0 Å². The minimum absolute atomic E-state index is 0.185. The van der Waals surface area contributed by atoms with Gasteiger partial charge in [0.1, 0.15) is 11.8 Å². The van der Waals surface area contributed by atoms with Gasteiger partial charge < -0.3 is 15.0 Å². The quantitative estimate of drug-likeness (QED) is 0.419. The first-order valence-corrected chi connectivity index (χ1v) is 14.0. The minimum Gasteiger partial charge on any atom is -0.497 e. The van der Waals surface area contributed by atoms with Gasteiger partial charge in [0.2, 0.25) is 5.95 Å². The summed E-state index contributed by atoms with van der Waals surface area (Å²) in [5.74, 6) is -0.864. The molecule has 1 aromatic heterocycles. The van der Waals surface area contributed by atoms with Crippen LogP contribution < -0.4 is 15.2 Å². The Morgan fingerprint density at radius 3 is 2.15 bits per heavy atom. The van der Waals surface area contributed by atoms with E-state index in [9.17, 15) is 14.0 Å². The smallest absolute Gasteiger partial charge is 0.256 e. The molecule has 1 unspecified atom stereocenters. The number of likely N-dealkylation sites (N-methyl/N-ethyl adjacent to an activating group) is 1. The number of methoxy groups -OCH3 is 1. The fourth-order valence-electron chi connectivity index (χ4n) is 3.42. The Labute approximate surface area is 194 Å². The predicted octanol–water partition coefficient (Wildman–Crippen LogP) is 4.23. The molecule has 2 aromatic carbocycles. The second-order valence-corrected chi connectivity index (χ2v) is 13.9. The molecule has 0 aliphatic heterocycles. The first-order valence-electron chi connectivity index (χ1n) is 10.5. The average molecular weight is 466 g/mol. The molecule has 0 saturated carbocycles. The lowest BCUT2D eigenvalue weighted by Crippen LogP contribution is -2.39. The zero-order chi connectivity index (χ0) is 24.2. The van der Waals surface area contributed by atoms with Crippen LogP contribution in [0.25, 0.3) is 0 Å². The largest absolute Gasteiger partial charge is 0.497 e. The molecule has 6 nitrogen and oxygen atoms in total. The summed E-state index contributed by atoms with van der Waals surface area (Å²) in [7, 11) is 1.63. The van der Waals surface area contributed by atoms with E-state index in [-0.39, 0.29) is 11.5 Å². The van der Waals surface area contributed by atoms with Crippen LogP contribution in [0.2, 0.25) is 19.6 Å². The summed E-state index contributed by atoms with van der Waals surface area (Å²) in [6.07, 6.45) is 1.16. The number of hydrogen-bond acceptors (Lipinski definition) is 4. The molecule has 0 spiro atoms. The molecule has 0 aliphatic rings. The van der Waals surface area contributed by atoms with Crippen LogP contribution in [-0.2, 0) is 4.79 Å². The maximum Gasteiger partial charge on any atom is 0.256 e. The molecule has 3 rings (SSSR count). The molecule has 0 bridgehead atoms. The molecule has 0 saturated heterocycles. The van der Waals surface area contributed by atoms with Crippen molar-refractivity contribution in [2.75, 3.05) is 19.5 Å².